The van der Waals surface area contributed by atoms with E-state index in [0.29, 0.717) is 25.1 Å². The smallest absolute Gasteiger partial charge is 0.253 e. The summed E-state index contributed by atoms with van der Waals surface area (Å²) >= 11 is 0. The highest BCUT2D eigenvalue weighted by molar-refractivity contribution is 5.95. The second kappa shape index (κ2) is 7.69. The number of carbonyl (C=O) groups is 2. The summed E-state index contributed by atoms with van der Waals surface area (Å²) in [6.07, 6.45) is 1.99. The van der Waals surface area contributed by atoms with Gasteiger partial charge in [0.05, 0.1) is 30.4 Å². The molecule has 1 aliphatic rings. The molecule has 0 fully saturated rings. The van der Waals surface area contributed by atoms with Crippen molar-refractivity contribution in [2.75, 3.05) is 39.7 Å². The lowest BCUT2D eigenvalue weighted by molar-refractivity contribution is -0.131. The van der Waals surface area contributed by atoms with Gasteiger partial charge < -0.3 is 19.4 Å². The van der Waals surface area contributed by atoms with Crippen molar-refractivity contribution < 1.29 is 14.3 Å². The molecule has 2 aromatic rings. The predicted octanol–water partition coefficient (Wildman–Crippen LogP) is 1.36. The minimum absolute atomic E-state index is 0.0222. The normalized spacial score (nSPS) is 15.7. The van der Waals surface area contributed by atoms with Crippen molar-refractivity contribution in [3.63, 3.8) is 0 Å². The minimum Gasteiger partial charge on any atom is -0.489 e. The van der Waals surface area contributed by atoms with E-state index < -0.39 is 0 Å². The van der Waals surface area contributed by atoms with Gasteiger partial charge in [0.2, 0.25) is 5.91 Å². The summed E-state index contributed by atoms with van der Waals surface area (Å²) < 4.78 is 5.83. The number of H-pyrrole nitrogens is 1. The average Bonchev–Trinajstić information content (AvgIpc) is 3.16. The molecule has 0 saturated heterocycles. The second-order valence-electron chi connectivity index (χ2n) is 6.99. The summed E-state index contributed by atoms with van der Waals surface area (Å²) in [6.45, 7) is 0.905. The molecule has 1 aromatic carbocycles. The summed E-state index contributed by atoms with van der Waals surface area (Å²) in [4.78, 5) is 30.1. The Labute approximate surface area is 158 Å². The molecular weight excluding hydrogens is 346 g/mol. The molecule has 1 atom stereocenters. The average molecular weight is 371 g/mol. The SMILES string of the molecule is CN(C)C(=O)c1ccc2c(c1)N(C)[C@@H](CC(=O)N(C)Cc1ccn[nH]1)CO2. The summed E-state index contributed by atoms with van der Waals surface area (Å²) in [7, 11) is 7.14. The maximum Gasteiger partial charge on any atom is 0.253 e. The van der Waals surface area contributed by atoms with Crippen LogP contribution in [0.3, 0.4) is 0 Å². The van der Waals surface area contributed by atoms with Crippen LogP contribution in [0.25, 0.3) is 0 Å². The highest BCUT2D eigenvalue weighted by atomic mass is 16.5. The van der Waals surface area contributed by atoms with Crippen molar-refractivity contribution in [2.45, 2.75) is 19.0 Å². The standard InChI is InChI=1S/C19H25N5O3/c1-22(2)19(26)13-5-6-17-16(9-13)24(4)15(12-27-17)10-18(25)23(3)11-14-7-8-20-21-14/h5-9,15H,10-12H2,1-4H3,(H,20,21)/t15-/m0/s1. The van der Waals surface area contributed by atoms with Crippen LogP contribution in [0, 0.1) is 0 Å². The molecule has 0 unspecified atom stereocenters. The number of fused-ring (bicyclic) bond motifs is 1. The van der Waals surface area contributed by atoms with Gasteiger partial charge in [-0.15, -0.1) is 0 Å². The number of nitrogens with one attached hydrogen (secondary N) is 1. The van der Waals surface area contributed by atoms with Crippen molar-refractivity contribution in [3.8, 4) is 5.75 Å². The fourth-order valence-electron chi connectivity index (χ4n) is 3.07. The largest absolute Gasteiger partial charge is 0.489 e. The van der Waals surface area contributed by atoms with Crippen LogP contribution >= 0.6 is 0 Å². The number of hydrogen-bond donors (Lipinski definition) is 1. The molecule has 0 aliphatic carbocycles. The van der Waals surface area contributed by atoms with E-state index in [1.165, 1.54) is 4.90 Å². The highest BCUT2D eigenvalue weighted by Gasteiger charge is 2.28. The molecule has 8 heteroatoms. The van der Waals surface area contributed by atoms with Crippen LogP contribution in [0.4, 0.5) is 5.69 Å². The van der Waals surface area contributed by atoms with Gasteiger partial charge in [-0.2, -0.15) is 5.10 Å². The molecule has 8 nitrogen and oxygen atoms in total. The fourth-order valence-corrected chi connectivity index (χ4v) is 3.07. The van der Waals surface area contributed by atoms with Crippen molar-refractivity contribution >= 4 is 17.5 Å². The van der Waals surface area contributed by atoms with Crippen LogP contribution in [0.2, 0.25) is 0 Å². The van der Waals surface area contributed by atoms with Gasteiger partial charge >= 0.3 is 0 Å². The third-order valence-electron chi connectivity index (χ3n) is 4.77. The van der Waals surface area contributed by atoms with Crippen LogP contribution in [-0.2, 0) is 11.3 Å². The van der Waals surface area contributed by atoms with E-state index in [4.69, 9.17) is 4.74 Å². The maximum atomic E-state index is 12.6. The fraction of sp³-hybridized carbons (Fsp3) is 0.421. The number of nitrogens with zero attached hydrogens (tertiary/aromatic N) is 4. The van der Waals surface area contributed by atoms with Gasteiger partial charge in [-0.1, -0.05) is 0 Å². The Morgan fingerprint density at radius 2 is 2.07 bits per heavy atom. The number of aromatic amines is 1. The third kappa shape index (κ3) is 4.05. The summed E-state index contributed by atoms with van der Waals surface area (Å²) in [5.74, 6) is 0.681. The molecule has 27 heavy (non-hydrogen) atoms. The summed E-state index contributed by atoms with van der Waals surface area (Å²) in [5.41, 5.74) is 2.30. The zero-order valence-corrected chi connectivity index (χ0v) is 16.1. The monoisotopic (exact) mass is 371 g/mol. The molecule has 3 rings (SSSR count). The first-order valence-electron chi connectivity index (χ1n) is 8.80. The number of ether oxygens (including phenoxy) is 1. The topological polar surface area (TPSA) is 81.8 Å². The van der Waals surface area contributed by atoms with Gasteiger partial charge in [0.25, 0.3) is 5.91 Å². The number of amides is 2. The molecule has 1 aromatic heterocycles. The molecule has 0 spiro atoms. The molecule has 0 bridgehead atoms. The van der Waals surface area contributed by atoms with E-state index >= 15 is 0 Å². The van der Waals surface area contributed by atoms with E-state index in [1.54, 1.807) is 38.3 Å². The van der Waals surface area contributed by atoms with E-state index in [-0.39, 0.29) is 17.9 Å². The van der Waals surface area contributed by atoms with Crippen LogP contribution in [0.5, 0.6) is 5.75 Å². The summed E-state index contributed by atoms with van der Waals surface area (Å²) in [6, 6.07) is 7.14. The Bertz CT molecular complexity index is 819. The number of benzene rings is 1. The zero-order valence-electron chi connectivity index (χ0n) is 16.1. The van der Waals surface area contributed by atoms with Gasteiger partial charge in [-0.3, -0.25) is 14.7 Å². The van der Waals surface area contributed by atoms with Gasteiger partial charge in [0.15, 0.2) is 0 Å². The van der Waals surface area contributed by atoms with Crippen LogP contribution in [0.15, 0.2) is 30.5 Å². The highest BCUT2D eigenvalue weighted by Crippen LogP contribution is 2.34. The van der Waals surface area contributed by atoms with Crippen molar-refractivity contribution in [2.24, 2.45) is 0 Å². The Morgan fingerprint density at radius 3 is 2.74 bits per heavy atom. The molecule has 1 N–H and O–H groups in total. The molecule has 144 valence electrons. The number of likely N-dealkylation sites (N-methyl/N-ethyl adjacent to an activating group) is 1. The Kier molecular flexibility index (Phi) is 5.34. The lowest BCUT2D eigenvalue weighted by Crippen LogP contribution is -2.44. The molecular formula is C19H25N5O3. The van der Waals surface area contributed by atoms with Gasteiger partial charge in [0.1, 0.15) is 12.4 Å². The first-order chi connectivity index (χ1) is 12.9. The lowest BCUT2D eigenvalue weighted by Gasteiger charge is -2.36. The molecule has 2 heterocycles. The molecule has 1 aliphatic heterocycles. The summed E-state index contributed by atoms with van der Waals surface area (Å²) in [5, 5.41) is 6.76. The third-order valence-corrected chi connectivity index (χ3v) is 4.77. The first-order valence-corrected chi connectivity index (χ1v) is 8.80. The number of rotatable bonds is 5. The van der Waals surface area contributed by atoms with E-state index in [0.717, 1.165) is 17.1 Å². The molecule has 2 amide bonds. The van der Waals surface area contributed by atoms with E-state index in [1.807, 2.05) is 30.1 Å². The second-order valence-corrected chi connectivity index (χ2v) is 6.99. The number of anilines is 1. The van der Waals surface area contributed by atoms with Crippen LogP contribution in [-0.4, -0.2) is 72.7 Å². The lowest BCUT2D eigenvalue weighted by atomic mass is 10.1. The minimum atomic E-state index is -0.0982. The predicted molar refractivity (Wildman–Crippen MR) is 102 cm³/mol. The zero-order chi connectivity index (χ0) is 19.6. The molecule has 0 radical (unpaired) electrons. The number of hydrogen-bond acceptors (Lipinski definition) is 5. The van der Waals surface area contributed by atoms with Crippen LogP contribution in [0.1, 0.15) is 22.5 Å². The first kappa shape index (κ1) is 18.8. The van der Waals surface area contributed by atoms with Crippen molar-refractivity contribution in [1.29, 1.82) is 0 Å². The van der Waals surface area contributed by atoms with Gasteiger partial charge in [0, 0.05) is 40.0 Å². The number of carbonyl (C=O) groups excluding carboxylic acids is 2. The number of aromatic nitrogens is 2. The Morgan fingerprint density at radius 1 is 1.30 bits per heavy atom. The molecule has 0 saturated carbocycles. The van der Waals surface area contributed by atoms with E-state index in [9.17, 15) is 9.59 Å². The van der Waals surface area contributed by atoms with Gasteiger partial charge in [-0.25, -0.2) is 0 Å². The quantitative estimate of drug-likeness (QED) is 0.858. The van der Waals surface area contributed by atoms with Crippen molar-refractivity contribution in [1.82, 2.24) is 20.0 Å². The Balaban J connectivity index is 1.70. The van der Waals surface area contributed by atoms with E-state index in [2.05, 4.69) is 10.2 Å². The Hall–Kier alpha value is -3.03. The maximum absolute atomic E-state index is 12.6. The van der Waals surface area contributed by atoms with Crippen molar-refractivity contribution in [3.05, 3.63) is 41.7 Å². The van der Waals surface area contributed by atoms with Crippen LogP contribution < -0.4 is 9.64 Å². The van der Waals surface area contributed by atoms with Gasteiger partial charge in [-0.05, 0) is 24.3 Å².